The summed E-state index contributed by atoms with van der Waals surface area (Å²) in [6.45, 7) is 4.44. The topological polar surface area (TPSA) is 51.4 Å². The molecule has 0 amide bonds. The maximum absolute atomic E-state index is 9.00. The second-order valence-electron chi connectivity index (χ2n) is 5.80. The van der Waals surface area contributed by atoms with Gasteiger partial charge in [-0.15, -0.1) is 6.54 Å². The maximum Gasteiger partial charge on any atom is 1.00 e. The molecule has 0 aliphatic rings. The molecule has 0 aromatic heterocycles. The Morgan fingerprint density at radius 2 is 1.05 bits per heavy atom. The summed E-state index contributed by atoms with van der Waals surface area (Å²) in [5, 5.41) is 11.5. The first kappa shape index (κ1) is 27.3. The van der Waals surface area contributed by atoms with Crippen molar-refractivity contribution in [1.29, 1.82) is 0 Å². The maximum atomic E-state index is 9.00. The van der Waals surface area contributed by atoms with Gasteiger partial charge in [0.25, 0.3) is 5.97 Å². The van der Waals surface area contributed by atoms with Gasteiger partial charge in [-0.3, -0.25) is 4.79 Å². The van der Waals surface area contributed by atoms with Crippen LogP contribution in [0.1, 0.15) is 97.3 Å². The number of hydrogen-bond donors (Lipinski definition) is 1. The van der Waals surface area contributed by atoms with E-state index in [1.165, 1.54) is 83.5 Å². The molecule has 0 aromatic rings. The fraction of sp³-hybridized carbons (Fsp3) is 0.944. The van der Waals surface area contributed by atoms with E-state index in [4.69, 9.17) is 9.90 Å². The molecule has 0 radical (unpaired) electrons. The molecule has 1 N–H and O–H groups in total. The van der Waals surface area contributed by atoms with E-state index in [0.29, 0.717) is 0 Å². The third-order valence-corrected chi connectivity index (χ3v) is 3.49. The molecule has 22 heavy (non-hydrogen) atoms. The first-order chi connectivity index (χ1) is 10.1. The first-order valence-electron chi connectivity index (χ1n) is 8.90. The zero-order chi connectivity index (χ0) is 16.2. The van der Waals surface area contributed by atoms with Gasteiger partial charge < -0.3 is 10.4 Å². The van der Waals surface area contributed by atoms with Crippen LogP contribution < -0.4 is 29.6 Å². The molecule has 0 bridgehead atoms. The Hall–Kier alpha value is 0.430. The minimum absolute atomic E-state index is 0. The molecule has 3 nitrogen and oxygen atoms in total. The Bertz CT molecular complexity index is 184. The first-order valence-corrected chi connectivity index (χ1v) is 8.90. The molecule has 0 heterocycles. The fourth-order valence-corrected chi connectivity index (χ4v) is 2.29. The average molecular weight is 323 g/mol. The van der Waals surface area contributed by atoms with Gasteiger partial charge in [-0.1, -0.05) is 90.4 Å². The molecule has 0 aliphatic heterocycles. The van der Waals surface area contributed by atoms with Gasteiger partial charge in [0.15, 0.2) is 0 Å². The fourth-order valence-electron chi connectivity index (χ4n) is 2.29. The van der Waals surface area contributed by atoms with Crippen molar-refractivity contribution < 1.29 is 39.5 Å². The number of nitrogens with zero attached hydrogens (tertiary/aromatic N) is 1. The van der Waals surface area contributed by atoms with E-state index in [1.807, 2.05) is 7.05 Å². The smallest absolute Gasteiger partial charge is 0.665 e. The second kappa shape index (κ2) is 26.3. The molecule has 4 heteroatoms. The molecule has 0 saturated heterocycles. The van der Waals surface area contributed by atoms with Crippen LogP contribution in [0.2, 0.25) is 0 Å². The number of rotatable bonds is 14. The van der Waals surface area contributed by atoms with Gasteiger partial charge in [0.1, 0.15) is 0 Å². The molecule has 0 fully saturated rings. The van der Waals surface area contributed by atoms with Crippen LogP contribution in [-0.2, 0) is 4.79 Å². The Morgan fingerprint density at radius 3 is 1.32 bits per heavy atom. The van der Waals surface area contributed by atoms with E-state index in [2.05, 4.69) is 12.2 Å². The van der Waals surface area contributed by atoms with Crippen molar-refractivity contribution >= 4 is 5.97 Å². The summed E-state index contributed by atoms with van der Waals surface area (Å²) >= 11 is 0. The number of unbranched alkanes of at least 4 members (excludes halogenated alkanes) is 12. The number of aliphatic carboxylic acids is 1. The van der Waals surface area contributed by atoms with E-state index in [9.17, 15) is 0 Å². The van der Waals surface area contributed by atoms with Crippen molar-refractivity contribution in [2.45, 2.75) is 97.3 Å². The van der Waals surface area contributed by atoms with Gasteiger partial charge in [-0.25, -0.2) is 0 Å². The van der Waals surface area contributed by atoms with Crippen molar-refractivity contribution in [1.82, 2.24) is 0 Å². The summed E-state index contributed by atoms with van der Waals surface area (Å²) in [5.74, 6) is -0.833. The second-order valence-corrected chi connectivity index (χ2v) is 5.80. The summed E-state index contributed by atoms with van der Waals surface area (Å²) in [6, 6.07) is 0. The third-order valence-electron chi connectivity index (χ3n) is 3.49. The quantitative estimate of drug-likeness (QED) is 0.394. The van der Waals surface area contributed by atoms with Crippen molar-refractivity contribution in [3.8, 4) is 0 Å². The van der Waals surface area contributed by atoms with Crippen LogP contribution in [0.3, 0.4) is 0 Å². The summed E-state index contributed by atoms with van der Waals surface area (Å²) in [5.41, 5.74) is 0. The van der Waals surface area contributed by atoms with Crippen LogP contribution in [0.5, 0.6) is 0 Å². The predicted molar refractivity (Wildman–Crippen MR) is 93.2 cm³/mol. The molecule has 128 valence electrons. The molecule has 0 saturated carbocycles. The normalized spacial score (nSPS) is 9.59. The summed E-state index contributed by atoms with van der Waals surface area (Å²) in [4.78, 5) is 9.00. The van der Waals surface area contributed by atoms with E-state index in [0.717, 1.165) is 13.5 Å². The van der Waals surface area contributed by atoms with Crippen molar-refractivity contribution in [2.24, 2.45) is 0 Å². The zero-order valence-electron chi connectivity index (χ0n) is 15.7. The summed E-state index contributed by atoms with van der Waals surface area (Å²) in [7, 11) is 1.92. The van der Waals surface area contributed by atoms with E-state index in [1.54, 1.807) is 0 Å². The number of carboxylic acids is 1. The molecular weight excluding hydrogens is 285 g/mol. The van der Waals surface area contributed by atoms with E-state index >= 15 is 0 Å². The van der Waals surface area contributed by atoms with Crippen LogP contribution in [0.25, 0.3) is 5.32 Å². The van der Waals surface area contributed by atoms with Crippen LogP contribution in [0.15, 0.2) is 0 Å². The van der Waals surface area contributed by atoms with Crippen LogP contribution in [-0.4, -0.2) is 24.7 Å². The zero-order valence-corrected chi connectivity index (χ0v) is 17.7. The molecule has 0 aromatic carbocycles. The van der Waals surface area contributed by atoms with E-state index < -0.39 is 5.97 Å². The molecule has 0 aliphatic carbocycles. The number of carbonyl (C=O) groups is 1. The third kappa shape index (κ3) is 37.0. The Kier molecular flexibility index (Phi) is 32.7. The summed E-state index contributed by atoms with van der Waals surface area (Å²) in [6.07, 6.45) is 18.6. The van der Waals surface area contributed by atoms with Crippen molar-refractivity contribution in [3.05, 3.63) is 5.32 Å². The van der Waals surface area contributed by atoms with Gasteiger partial charge in [0.05, 0.1) is 0 Å². The van der Waals surface area contributed by atoms with Crippen LogP contribution >= 0.6 is 0 Å². The van der Waals surface area contributed by atoms with Crippen molar-refractivity contribution in [2.75, 3.05) is 13.6 Å². The number of carboxylic acid groups (broad SMARTS) is 1. The molecule has 0 spiro atoms. The van der Waals surface area contributed by atoms with Gasteiger partial charge in [0.2, 0.25) is 0 Å². The standard InChI is InChI=1S/C16H34N.C2H4O2.Na/c1-3-4-5-6-7-8-9-10-11-12-13-14-15-16-17-2;1-2(3)4;/h3-16H2,1-2H3;1H3,(H,3,4);/q-1;;+1. The largest absolute Gasteiger partial charge is 1.00 e. The van der Waals surface area contributed by atoms with Gasteiger partial charge >= 0.3 is 29.6 Å². The van der Waals surface area contributed by atoms with Gasteiger partial charge in [-0.2, -0.15) is 7.05 Å². The summed E-state index contributed by atoms with van der Waals surface area (Å²) < 4.78 is 0. The van der Waals surface area contributed by atoms with Gasteiger partial charge in [0, 0.05) is 6.92 Å². The Morgan fingerprint density at radius 1 is 0.773 bits per heavy atom. The van der Waals surface area contributed by atoms with Gasteiger partial charge in [-0.05, 0) is 0 Å². The Labute approximate surface area is 161 Å². The van der Waals surface area contributed by atoms with E-state index in [-0.39, 0.29) is 29.6 Å². The predicted octanol–water partition coefficient (Wildman–Crippen LogP) is 3.18. The molecule has 0 rings (SSSR count). The SMILES string of the molecule is CC(=O)O.CCCCCCCCCCCCCCC[N-]C.[Na+]. The number of hydrogen-bond acceptors (Lipinski definition) is 1. The minimum atomic E-state index is -0.833. The monoisotopic (exact) mass is 323 g/mol. The van der Waals surface area contributed by atoms with Crippen molar-refractivity contribution in [3.63, 3.8) is 0 Å². The van der Waals surface area contributed by atoms with Crippen LogP contribution in [0, 0.1) is 0 Å². The van der Waals surface area contributed by atoms with Crippen LogP contribution in [0.4, 0.5) is 0 Å². The Balaban J connectivity index is -0.000000640. The molecule has 0 unspecified atom stereocenters. The minimum Gasteiger partial charge on any atom is -0.665 e. The molecule has 0 atom stereocenters. The average Bonchev–Trinajstić information content (AvgIpc) is 2.43. The molecular formula is C18H38NNaO2.